The van der Waals surface area contributed by atoms with Gasteiger partial charge in [-0.3, -0.25) is 0 Å². The minimum absolute atomic E-state index is 0.302. The Morgan fingerprint density at radius 3 is 1.35 bits per heavy atom. The third-order valence-electron chi connectivity index (χ3n) is 6.06. The van der Waals surface area contributed by atoms with Gasteiger partial charge in [0.15, 0.2) is 0 Å². The zero-order valence-electron chi connectivity index (χ0n) is 16.5. The van der Waals surface area contributed by atoms with Crippen LogP contribution in [-0.4, -0.2) is 14.5 Å². The molecule has 0 atom stereocenters. The molecule has 3 heteroatoms. The molecule has 146 valence electrons. The standard InChI is InChI=1S/C28H16S2Se/c1-3-9-19-17(7-1)21(23-11-5-13-29-23)15-25-27(19)28-20-10-4-2-8-18(20)22(16-26(28)31-25)24-12-6-14-30-24/h1-16H. The molecule has 0 aliphatic carbocycles. The summed E-state index contributed by atoms with van der Waals surface area (Å²) in [6.07, 6.45) is 0. The van der Waals surface area contributed by atoms with Crippen molar-refractivity contribution in [1.29, 1.82) is 0 Å². The van der Waals surface area contributed by atoms with Crippen LogP contribution in [0.5, 0.6) is 0 Å². The molecular formula is C28H16S2Se. The van der Waals surface area contributed by atoms with E-state index in [4.69, 9.17) is 0 Å². The van der Waals surface area contributed by atoms with Gasteiger partial charge in [0.2, 0.25) is 0 Å². The zero-order chi connectivity index (χ0) is 20.4. The van der Waals surface area contributed by atoms with E-state index in [9.17, 15) is 0 Å². The van der Waals surface area contributed by atoms with Gasteiger partial charge in [-0.2, -0.15) is 0 Å². The summed E-state index contributed by atoms with van der Waals surface area (Å²) in [7, 11) is 0. The van der Waals surface area contributed by atoms with E-state index in [0.717, 1.165) is 0 Å². The van der Waals surface area contributed by atoms with Crippen LogP contribution in [0, 0.1) is 0 Å². The van der Waals surface area contributed by atoms with Gasteiger partial charge in [0, 0.05) is 0 Å². The number of benzene rings is 4. The summed E-state index contributed by atoms with van der Waals surface area (Å²) < 4.78 is 3.02. The van der Waals surface area contributed by atoms with Crippen LogP contribution in [0.1, 0.15) is 0 Å². The number of hydrogen-bond donors (Lipinski definition) is 0. The number of rotatable bonds is 2. The van der Waals surface area contributed by atoms with E-state index >= 15 is 0 Å². The minimum atomic E-state index is 0.302. The summed E-state index contributed by atoms with van der Waals surface area (Å²) in [6, 6.07) is 31.7. The van der Waals surface area contributed by atoms with Gasteiger partial charge < -0.3 is 0 Å². The van der Waals surface area contributed by atoms with Crippen molar-refractivity contribution in [3.8, 4) is 20.9 Å². The molecule has 0 saturated carbocycles. The Bertz CT molecular complexity index is 1590. The molecule has 0 N–H and O–H groups in total. The second kappa shape index (κ2) is 6.91. The van der Waals surface area contributed by atoms with Gasteiger partial charge in [0.1, 0.15) is 0 Å². The number of hydrogen-bond acceptors (Lipinski definition) is 2. The summed E-state index contributed by atoms with van der Waals surface area (Å²) in [4.78, 5) is 2.71. The molecule has 0 spiro atoms. The van der Waals surface area contributed by atoms with Crippen molar-refractivity contribution in [2.45, 2.75) is 0 Å². The first-order valence-electron chi connectivity index (χ1n) is 10.3. The van der Waals surface area contributed by atoms with E-state index in [2.05, 4.69) is 95.7 Å². The van der Waals surface area contributed by atoms with E-state index in [1.165, 1.54) is 61.7 Å². The van der Waals surface area contributed by atoms with Crippen LogP contribution >= 0.6 is 22.7 Å². The molecule has 3 aromatic heterocycles. The molecule has 3 heterocycles. The molecule has 0 radical (unpaired) electrons. The molecule has 0 unspecified atom stereocenters. The first-order valence-corrected chi connectivity index (χ1v) is 13.7. The Morgan fingerprint density at radius 1 is 0.484 bits per heavy atom. The van der Waals surface area contributed by atoms with Gasteiger partial charge in [0.05, 0.1) is 0 Å². The fraction of sp³-hybridized carbons (Fsp3) is 0. The van der Waals surface area contributed by atoms with Crippen LogP contribution in [0.3, 0.4) is 0 Å². The van der Waals surface area contributed by atoms with Crippen molar-refractivity contribution >= 4 is 78.0 Å². The van der Waals surface area contributed by atoms with Crippen molar-refractivity contribution in [3.05, 3.63) is 95.7 Å². The Kier molecular flexibility index (Phi) is 4.00. The summed E-state index contributed by atoms with van der Waals surface area (Å²) in [5.41, 5.74) is 2.75. The van der Waals surface area contributed by atoms with Gasteiger partial charge in [-0.15, -0.1) is 0 Å². The molecular weight excluding hydrogens is 479 g/mol. The second-order valence-electron chi connectivity index (χ2n) is 7.74. The van der Waals surface area contributed by atoms with Gasteiger partial charge >= 0.3 is 195 Å². The monoisotopic (exact) mass is 496 g/mol. The van der Waals surface area contributed by atoms with E-state index in [1.54, 1.807) is 0 Å². The van der Waals surface area contributed by atoms with Gasteiger partial charge in [-0.05, 0) is 0 Å². The molecule has 0 saturated heterocycles. The molecule has 4 aromatic carbocycles. The topological polar surface area (TPSA) is 0 Å². The van der Waals surface area contributed by atoms with E-state index in [1.807, 2.05) is 22.7 Å². The van der Waals surface area contributed by atoms with Crippen molar-refractivity contribution in [3.63, 3.8) is 0 Å². The maximum absolute atomic E-state index is 2.48. The summed E-state index contributed by atoms with van der Waals surface area (Å²) >= 11 is 3.97. The summed E-state index contributed by atoms with van der Waals surface area (Å²) in [5.74, 6) is 0. The molecule has 0 fully saturated rings. The van der Waals surface area contributed by atoms with E-state index < -0.39 is 0 Å². The van der Waals surface area contributed by atoms with Crippen LogP contribution in [0.15, 0.2) is 95.7 Å². The van der Waals surface area contributed by atoms with Crippen LogP contribution in [-0.2, 0) is 0 Å². The Balaban J connectivity index is 1.71. The molecule has 0 amide bonds. The Hall–Kier alpha value is -2.68. The van der Waals surface area contributed by atoms with Crippen molar-refractivity contribution in [1.82, 2.24) is 0 Å². The van der Waals surface area contributed by atoms with Crippen LogP contribution in [0.4, 0.5) is 0 Å². The third-order valence-corrected chi connectivity index (χ3v) is 10.1. The Morgan fingerprint density at radius 2 is 0.935 bits per heavy atom. The van der Waals surface area contributed by atoms with Gasteiger partial charge in [-0.1, -0.05) is 0 Å². The Labute approximate surface area is 193 Å². The van der Waals surface area contributed by atoms with E-state index in [0.29, 0.717) is 14.5 Å². The second-order valence-corrected chi connectivity index (χ2v) is 11.9. The van der Waals surface area contributed by atoms with Crippen molar-refractivity contribution in [2.75, 3.05) is 0 Å². The summed E-state index contributed by atoms with van der Waals surface area (Å²) in [6.45, 7) is 0. The average Bonchev–Trinajstić information content (AvgIpc) is 3.58. The van der Waals surface area contributed by atoms with Crippen molar-refractivity contribution in [2.24, 2.45) is 0 Å². The average molecular weight is 496 g/mol. The first kappa shape index (κ1) is 17.9. The maximum atomic E-state index is 2.48. The van der Waals surface area contributed by atoms with Gasteiger partial charge in [0.25, 0.3) is 0 Å². The fourth-order valence-corrected chi connectivity index (χ4v) is 8.84. The first-order chi connectivity index (χ1) is 15.4. The number of thiophene rings is 2. The quantitative estimate of drug-likeness (QED) is 0.210. The fourth-order valence-electron chi connectivity index (χ4n) is 4.77. The molecule has 0 bridgehead atoms. The molecule has 7 rings (SSSR count). The van der Waals surface area contributed by atoms with Crippen molar-refractivity contribution < 1.29 is 0 Å². The molecule has 7 aromatic rings. The predicted octanol–water partition coefficient (Wildman–Crippen LogP) is 8.81. The van der Waals surface area contributed by atoms with Crippen LogP contribution in [0.25, 0.3) is 61.7 Å². The molecule has 0 aliphatic rings. The third kappa shape index (κ3) is 2.65. The predicted molar refractivity (Wildman–Crippen MR) is 140 cm³/mol. The SMILES string of the molecule is c1csc(-c2cc3[se]c4cc(-c5cccs5)c5ccccc5c4c3c3ccccc23)c1. The van der Waals surface area contributed by atoms with Gasteiger partial charge in [-0.25, -0.2) is 0 Å². The van der Waals surface area contributed by atoms with Crippen LogP contribution in [0.2, 0.25) is 0 Å². The van der Waals surface area contributed by atoms with E-state index in [-0.39, 0.29) is 0 Å². The van der Waals surface area contributed by atoms with Crippen LogP contribution < -0.4 is 0 Å². The number of fused-ring (bicyclic) bond motifs is 7. The normalized spacial score (nSPS) is 11.9. The zero-order valence-corrected chi connectivity index (χ0v) is 19.8. The molecule has 0 nitrogen and oxygen atoms in total. The molecule has 0 aliphatic heterocycles. The summed E-state index contributed by atoms with van der Waals surface area (Å²) in [5, 5.41) is 12.8. The molecule has 31 heavy (non-hydrogen) atoms.